The number of pyridine rings is 1. The van der Waals surface area contributed by atoms with Crippen molar-refractivity contribution in [3.8, 4) is 6.07 Å². The van der Waals surface area contributed by atoms with E-state index < -0.39 is 16.4 Å². The van der Waals surface area contributed by atoms with Gasteiger partial charge in [0.25, 0.3) is 5.69 Å². The van der Waals surface area contributed by atoms with Crippen molar-refractivity contribution in [2.75, 3.05) is 0 Å². The molecule has 0 amide bonds. The summed E-state index contributed by atoms with van der Waals surface area (Å²) in [6.45, 7) is 0. The number of rotatable bonds is 3. The first-order valence-corrected chi connectivity index (χ1v) is 5.45. The number of hydrogen-bond acceptors (Lipinski definition) is 4. The lowest BCUT2D eigenvalue weighted by molar-refractivity contribution is -0.386. The van der Waals surface area contributed by atoms with Crippen molar-refractivity contribution >= 4 is 5.69 Å². The monoisotopic (exact) mass is 255 g/mol. The second-order valence-corrected chi connectivity index (χ2v) is 3.85. The zero-order valence-corrected chi connectivity index (χ0v) is 9.74. The van der Waals surface area contributed by atoms with E-state index in [1.807, 2.05) is 6.07 Å². The minimum atomic E-state index is -0.879. The molecule has 0 bridgehead atoms. The minimum absolute atomic E-state index is 0.00574. The summed E-state index contributed by atoms with van der Waals surface area (Å²) in [6, 6.07) is 12.8. The maximum atomic E-state index is 11.3. The Bertz CT molecular complexity index is 701. The van der Waals surface area contributed by atoms with Crippen LogP contribution in [0, 0.1) is 21.4 Å². The van der Waals surface area contributed by atoms with Crippen LogP contribution in [0.2, 0.25) is 0 Å². The number of nitriles is 1. The van der Waals surface area contributed by atoms with Gasteiger partial charge < -0.3 is 4.98 Å². The van der Waals surface area contributed by atoms with Gasteiger partial charge in [-0.2, -0.15) is 5.26 Å². The summed E-state index contributed by atoms with van der Waals surface area (Å²) in [5, 5.41) is 20.2. The van der Waals surface area contributed by atoms with Gasteiger partial charge in [0.1, 0.15) is 11.6 Å². The summed E-state index contributed by atoms with van der Waals surface area (Å²) < 4.78 is 0. The first kappa shape index (κ1) is 12.5. The number of nitrogens with one attached hydrogen (secondary N) is 1. The molecule has 0 saturated heterocycles. The van der Waals surface area contributed by atoms with Crippen LogP contribution in [0.25, 0.3) is 0 Å². The second-order valence-electron chi connectivity index (χ2n) is 3.85. The SMILES string of the molecule is N#CC(c1ccccc1)c1[nH]c(=O)ccc1[N+](=O)[O-]. The number of nitrogens with zero attached hydrogens (tertiary/aromatic N) is 2. The summed E-state index contributed by atoms with van der Waals surface area (Å²) in [4.78, 5) is 24.1. The molecular formula is C13H9N3O3. The molecule has 1 atom stereocenters. The molecule has 6 nitrogen and oxygen atoms in total. The van der Waals surface area contributed by atoms with Crippen molar-refractivity contribution in [1.29, 1.82) is 5.26 Å². The number of nitro groups is 1. The zero-order valence-electron chi connectivity index (χ0n) is 9.74. The van der Waals surface area contributed by atoms with E-state index >= 15 is 0 Å². The van der Waals surface area contributed by atoms with Crippen molar-refractivity contribution in [3.63, 3.8) is 0 Å². The highest BCUT2D eigenvalue weighted by atomic mass is 16.6. The fourth-order valence-electron chi connectivity index (χ4n) is 1.81. The van der Waals surface area contributed by atoms with Gasteiger partial charge in [-0.3, -0.25) is 14.9 Å². The summed E-state index contributed by atoms with van der Waals surface area (Å²) in [5.41, 5.74) is -0.145. The molecule has 1 aromatic carbocycles. The van der Waals surface area contributed by atoms with Gasteiger partial charge in [0.15, 0.2) is 0 Å². The van der Waals surface area contributed by atoms with E-state index in [2.05, 4.69) is 4.98 Å². The summed E-state index contributed by atoms with van der Waals surface area (Å²) >= 11 is 0. The molecule has 0 aliphatic rings. The largest absolute Gasteiger partial charge is 0.319 e. The molecule has 1 N–H and O–H groups in total. The van der Waals surface area contributed by atoms with Crippen LogP contribution in [-0.2, 0) is 0 Å². The van der Waals surface area contributed by atoms with Crippen LogP contribution < -0.4 is 5.56 Å². The normalized spacial score (nSPS) is 11.5. The van der Waals surface area contributed by atoms with Crippen molar-refractivity contribution in [2.45, 2.75) is 5.92 Å². The quantitative estimate of drug-likeness (QED) is 0.669. The van der Waals surface area contributed by atoms with Crippen LogP contribution in [0.15, 0.2) is 47.3 Å². The lowest BCUT2D eigenvalue weighted by atomic mass is 9.96. The average Bonchev–Trinajstić information content (AvgIpc) is 2.40. The van der Waals surface area contributed by atoms with E-state index in [-0.39, 0.29) is 11.4 Å². The van der Waals surface area contributed by atoms with Gasteiger partial charge in [-0.1, -0.05) is 30.3 Å². The van der Waals surface area contributed by atoms with Gasteiger partial charge >= 0.3 is 0 Å². The predicted octanol–water partition coefficient (Wildman–Crippen LogP) is 1.94. The molecule has 0 saturated carbocycles. The number of H-pyrrole nitrogens is 1. The van der Waals surface area contributed by atoms with Gasteiger partial charge in [-0.15, -0.1) is 0 Å². The molecule has 1 aromatic heterocycles. The Kier molecular flexibility index (Phi) is 3.39. The van der Waals surface area contributed by atoms with Crippen LogP contribution in [0.5, 0.6) is 0 Å². The molecule has 19 heavy (non-hydrogen) atoms. The van der Waals surface area contributed by atoms with Crippen LogP contribution in [0.3, 0.4) is 0 Å². The lowest BCUT2D eigenvalue weighted by Crippen LogP contribution is -2.13. The fraction of sp³-hybridized carbons (Fsp3) is 0.0769. The minimum Gasteiger partial charge on any atom is -0.319 e. The topological polar surface area (TPSA) is 99.8 Å². The van der Waals surface area contributed by atoms with E-state index in [9.17, 15) is 20.2 Å². The Morgan fingerprint density at radius 2 is 1.89 bits per heavy atom. The Balaban J connectivity index is 2.62. The van der Waals surface area contributed by atoms with Crippen LogP contribution >= 0.6 is 0 Å². The highest BCUT2D eigenvalue weighted by Crippen LogP contribution is 2.28. The smallest absolute Gasteiger partial charge is 0.290 e. The lowest BCUT2D eigenvalue weighted by Gasteiger charge is -2.09. The molecule has 1 unspecified atom stereocenters. The molecule has 2 aromatic rings. The Labute approximate surface area is 108 Å². The molecule has 0 fully saturated rings. The average molecular weight is 255 g/mol. The zero-order chi connectivity index (χ0) is 13.8. The summed E-state index contributed by atoms with van der Waals surface area (Å²) in [6.07, 6.45) is 0. The molecule has 1 heterocycles. The highest BCUT2D eigenvalue weighted by molar-refractivity contribution is 5.45. The fourth-order valence-corrected chi connectivity index (χ4v) is 1.81. The molecule has 0 radical (unpaired) electrons. The Morgan fingerprint density at radius 3 is 2.47 bits per heavy atom. The third-order valence-corrected chi connectivity index (χ3v) is 2.67. The third-order valence-electron chi connectivity index (χ3n) is 2.67. The third kappa shape index (κ3) is 2.50. The van der Waals surface area contributed by atoms with Gasteiger partial charge in [-0.25, -0.2) is 0 Å². The predicted molar refractivity (Wildman–Crippen MR) is 67.6 cm³/mol. The summed E-state index contributed by atoms with van der Waals surface area (Å²) in [5.74, 6) is -0.879. The van der Waals surface area contributed by atoms with Crippen molar-refractivity contribution in [1.82, 2.24) is 4.98 Å². The first-order valence-electron chi connectivity index (χ1n) is 5.45. The maximum Gasteiger partial charge on any atom is 0.290 e. The maximum absolute atomic E-state index is 11.3. The highest BCUT2D eigenvalue weighted by Gasteiger charge is 2.24. The Hall–Kier alpha value is -2.94. The first-order chi connectivity index (χ1) is 9.13. The molecule has 0 spiro atoms. The van der Waals surface area contributed by atoms with Crippen LogP contribution in [-0.4, -0.2) is 9.91 Å². The molecule has 0 aliphatic heterocycles. The van der Waals surface area contributed by atoms with E-state index in [1.165, 1.54) is 0 Å². The van der Waals surface area contributed by atoms with Crippen LogP contribution in [0.4, 0.5) is 5.69 Å². The number of benzene rings is 1. The number of aromatic amines is 1. The van der Waals surface area contributed by atoms with E-state index in [0.29, 0.717) is 5.56 Å². The molecule has 0 aliphatic carbocycles. The van der Waals surface area contributed by atoms with Crippen molar-refractivity contribution < 1.29 is 4.92 Å². The molecule has 6 heteroatoms. The summed E-state index contributed by atoms with van der Waals surface area (Å²) in [7, 11) is 0. The standard InChI is InChI=1S/C13H9N3O3/c14-8-10(9-4-2-1-3-5-9)13-11(16(18)19)6-7-12(17)15-13/h1-7,10H,(H,15,17). The van der Waals surface area contributed by atoms with Gasteiger partial charge in [0, 0.05) is 12.1 Å². The van der Waals surface area contributed by atoms with Gasteiger partial charge in [-0.05, 0) is 5.56 Å². The van der Waals surface area contributed by atoms with Crippen LogP contribution in [0.1, 0.15) is 17.2 Å². The van der Waals surface area contributed by atoms with E-state index in [1.54, 1.807) is 30.3 Å². The molecular weight excluding hydrogens is 246 g/mol. The second kappa shape index (κ2) is 5.14. The number of hydrogen-bond donors (Lipinski definition) is 1. The van der Waals surface area contributed by atoms with Gasteiger partial charge in [0.05, 0.1) is 11.0 Å². The molecule has 94 valence electrons. The van der Waals surface area contributed by atoms with Crippen molar-refractivity contribution in [2.24, 2.45) is 0 Å². The van der Waals surface area contributed by atoms with Crippen molar-refractivity contribution in [3.05, 3.63) is 74.2 Å². The molecule has 2 rings (SSSR count). The van der Waals surface area contributed by atoms with E-state index in [0.717, 1.165) is 12.1 Å². The van der Waals surface area contributed by atoms with Gasteiger partial charge in [0.2, 0.25) is 5.56 Å². The number of aromatic nitrogens is 1. The Morgan fingerprint density at radius 1 is 1.21 bits per heavy atom. The van der Waals surface area contributed by atoms with E-state index in [4.69, 9.17) is 0 Å².